The van der Waals surface area contributed by atoms with Crippen molar-refractivity contribution in [1.82, 2.24) is 4.90 Å². The summed E-state index contributed by atoms with van der Waals surface area (Å²) in [6, 6.07) is 8.17. The van der Waals surface area contributed by atoms with Crippen LogP contribution >= 0.6 is 11.8 Å². The van der Waals surface area contributed by atoms with Crippen LogP contribution in [0, 0.1) is 5.92 Å². The summed E-state index contributed by atoms with van der Waals surface area (Å²) < 4.78 is 0. The summed E-state index contributed by atoms with van der Waals surface area (Å²) in [5.41, 5.74) is 1.16. The highest BCUT2D eigenvalue weighted by Gasteiger charge is 2.39. The average Bonchev–Trinajstić information content (AvgIpc) is 3.01. The molecule has 0 radical (unpaired) electrons. The lowest BCUT2D eigenvalue weighted by Crippen LogP contribution is -2.42. The van der Waals surface area contributed by atoms with Gasteiger partial charge in [0.1, 0.15) is 0 Å². The van der Waals surface area contributed by atoms with Crippen molar-refractivity contribution in [3.63, 3.8) is 0 Å². The monoisotopic (exact) mass is 277 g/mol. The van der Waals surface area contributed by atoms with Gasteiger partial charge in [0.2, 0.25) is 5.91 Å². The summed E-state index contributed by atoms with van der Waals surface area (Å²) in [6.07, 6.45) is 0.998. The van der Waals surface area contributed by atoms with Crippen molar-refractivity contribution < 1.29 is 9.90 Å². The highest BCUT2D eigenvalue weighted by Crippen LogP contribution is 2.41. The van der Waals surface area contributed by atoms with E-state index in [4.69, 9.17) is 0 Å². The smallest absolute Gasteiger partial charge is 0.231 e. The number of benzene rings is 1. The zero-order valence-electron chi connectivity index (χ0n) is 11.1. The van der Waals surface area contributed by atoms with Crippen LogP contribution in [0.2, 0.25) is 0 Å². The number of likely N-dealkylation sites (tertiary alicyclic amines) is 1. The molecule has 1 saturated heterocycles. The normalized spacial score (nSPS) is 29.6. The van der Waals surface area contributed by atoms with E-state index in [1.54, 1.807) is 11.8 Å². The van der Waals surface area contributed by atoms with E-state index in [0.29, 0.717) is 5.92 Å². The molecule has 3 atom stereocenters. The topological polar surface area (TPSA) is 40.5 Å². The molecule has 3 rings (SSSR count). The Hall–Kier alpha value is -1.00. The molecule has 102 valence electrons. The molecular formula is C15H19NO2S. The summed E-state index contributed by atoms with van der Waals surface area (Å²) in [7, 11) is 0. The van der Waals surface area contributed by atoms with Crippen LogP contribution in [0.3, 0.4) is 0 Å². The Kier molecular flexibility index (Phi) is 3.54. The number of rotatable bonds is 2. The summed E-state index contributed by atoms with van der Waals surface area (Å²) in [5.74, 6) is 1.40. The van der Waals surface area contributed by atoms with Gasteiger partial charge in [-0.15, -0.1) is 11.8 Å². The summed E-state index contributed by atoms with van der Waals surface area (Å²) >= 11 is 1.76. The van der Waals surface area contributed by atoms with Gasteiger partial charge in [-0.3, -0.25) is 4.79 Å². The standard InChI is InChI=1S/C15H19NO2S/c1-10-6-7-16(13(10)8-17)15(18)12-9-19-14-5-3-2-4-11(12)14/h2-5,10,12-13,17H,6-9H2,1H3. The molecule has 1 amide bonds. The molecule has 2 aliphatic heterocycles. The van der Waals surface area contributed by atoms with Gasteiger partial charge in [0.15, 0.2) is 0 Å². The second-order valence-corrected chi connectivity index (χ2v) is 6.51. The molecule has 0 aliphatic carbocycles. The Morgan fingerprint density at radius 3 is 3.05 bits per heavy atom. The number of nitrogens with zero attached hydrogens (tertiary/aromatic N) is 1. The van der Waals surface area contributed by atoms with E-state index in [1.165, 1.54) is 4.90 Å². The first-order valence-corrected chi connectivity index (χ1v) is 7.84. The number of hydrogen-bond donors (Lipinski definition) is 1. The van der Waals surface area contributed by atoms with Crippen molar-refractivity contribution in [3.8, 4) is 0 Å². The van der Waals surface area contributed by atoms with Crippen molar-refractivity contribution in [2.45, 2.75) is 30.2 Å². The lowest BCUT2D eigenvalue weighted by molar-refractivity contribution is -0.134. The molecule has 4 heteroatoms. The average molecular weight is 277 g/mol. The van der Waals surface area contributed by atoms with Crippen LogP contribution in [-0.2, 0) is 4.79 Å². The van der Waals surface area contributed by atoms with E-state index in [2.05, 4.69) is 19.1 Å². The van der Waals surface area contributed by atoms with Gasteiger partial charge in [-0.2, -0.15) is 0 Å². The molecule has 0 bridgehead atoms. The van der Waals surface area contributed by atoms with E-state index in [-0.39, 0.29) is 24.5 Å². The van der Waals surface area contributed by atoms with Crippen molar-refractivity contribution in [1.29, 1.82) is 0 Å². The van der Waals surface area contributed by atoms with E-state index in [9.17, 15) is 9.90 Å². The lowest BCUT2D eigenvalue weighted by atomic mass is 9.98. The van der Waals surface area contributed by atoms with Crippen LogP contribution < -0.4 is 0 Å². The van der Waals surface area contributed by atoms with E-state index in [0.717, 1.165) is 24.3 Å². The maximum Gasteiger partial charge on any atom is 0.231 e. The van der Waals surface area contributed by atoms with Gasteiger partial charge in [-0.05, 0) is 24.0 Å². The molecule has 0 saturated carbocycles. The van der Waals surface area contributed by atoms with Gasteiger partial charge < -0.3 is 10.0 Å². The SMILES string of the molecule is CC1CCN(C(=O)C2CSc3ccccc32)C1CO. The third-order valence-electron chi connectivity index (χ3n) is 4.35. The van der Waals surface area contributed by atoms with Crippen molar-refractivity contribution in [3.05, 3.63) is 29.8 Å². The predicted molar refractivity (Wildman–Crippen MR) is 76.3 cm³/mol. The molecule has 1 aromatic rings. The molecule has 0 spiro atoms. The molecule has 2 aliphatic rings. The molecule has 1 aromatic carbocycles. The number of aliphatic hydroxyl groups is 1. The molecule has 3 nitrogen and oxygen atoms in total. The van der Waals surface area contributed by atoms with Crippen LogP contribution in [0.4, 0.5) is 0 Å². The van der Waals surface area contributed by atoms with E-state index < -0.39 is 0 Å². The molecule has 19 heavy (non-hydrogen) atoms. The van der Waals surface area contributed by atoms with Crippen LogP contribution in [0.25, 0.3) is 0 Å². The van der Waals surface area contributed by atoms with Crippen LogP contribution in [0.1, 0.15) is 24.8 Å². The number of carbonyl (C=O) groups is 1. The predicted octanol–water partition coefficient (Wildman–Crippen LogP) is 2.11. The van der Waals surface area contributed by atoms with Crippen LogP contribution in [0.15, 0.2) is 29.2 Å². The molecule has 3 unspecified atom stereocenters. The first kappa shape index (κ1) is 13.0. The zero-order valence-corrected chi connectivity index (χ0v) is 11.9. The van der Waals surface area contributed by atoms with Crippen molar-refractivity contribution >= 4 is 17.7 Å². The van der Waals surface area contributed by atoms with Crippen LogP contribution in [-0.4, -0.2) is 40.9 Å². The Labute approximate surface area is 118 Å². The van der Waals surface area contributed by atoms with E-state index in [1.807, 2.05) is 17.0 Å². The number of thioether (sulfide) groups is 1. The van der Waals surface area contributed by atoms with Crippen LogP contribution in [0.5, 0.6) is 0 Å². The van der Waals surface area contributed by atoms with Crippen molar-refractivity contribution in [2.75, 3.05) is 18.9 Å². The second kappa shape index (κ2) is 5.17. The Morgan fingerprint density at radius 1 is 1.47 bits per heavy atom. The second-order valence-electron chi connectivity index (χ2n) is 5.45. The minimum Gasteiger partial charge on any atom is -0.394 e. The Bertz CT molecular complexity index is 491. The fourth-order valence-corrected chi connectivity index (χ4v) is 4.35. The summed E-state index contributed by atoms with van der Waals surface area (Å²) in [4.78, 5) is 15.9. The van der Waals surface area contributed by atoms with Gasteiger partial charge in [-0.1, -0.05) is 25.1 Å². The molecule has 2 heterocycles. The minimum absolute atomic E-state index is 0.00487. The number of carbonyl (C=O) groups excluding carboxylic acids is 1. The lowest BCUT2D eigenvalue weighted by Gasteiger charge is -2.28. The maximum atomic E-state index is 12.7. The molecule has 1 N–H and O–H groups in total. The quantitative estimate of drug-likeness (QED) is 0.900. The third kappa shape index (κ3) is 2.17. The zero-order chi connectivity index (χ0) is 13.4. The molecule has 1 fully saturated rings. The van der Waals surface area contributed by atoms with Gasteiger partial charge in [0.25, 0.3) is 0 Å². The fraction of sp³-hybridized carbons (Fsp3) is 0.533. The first-order chi connectivity index (χ1) is 9.22. The van der Waals surface area contributed by atoms with Gasteiger partial charge in [0.05, 0.1) is 18.6 Å². The Balaban J connectivity index is 1.82. The largest absolute Gasteiger partial charge is 0.394 e. The minimum atomic E-state index is -0.0273. The number of amides is 1. The number of fused-ring (bicyclic) bond motifs is 1. The number of hydrogen-bond acceptors (Lipinski definition) is 3. The summed E-state index contributed by atoms with van der Waals surface area (Å²) in [5, 5.41) is 9.49. The van der Waals surface area contributed by atoms with Gasteiger partial charge >= 0.3 is 0 Å². The molecule has 0 aromatic heterocycles. The third-order valence-corrected chi connectivity index (χ3v) is 5.53. The van der Waals surface area contributed by atoms with Crippen molar-refractivity contribution in [2.24, 2.45) is 5.92 Å². The molecular weight excluding hydrogens is 258 g/mol. The first-order valence-electron chi connectivity index (χ1n) is 6.85. The number of aliphatic hydroxyl groups excluding tert-OH is 1. The highest BCUT2D eigenvalue weighted by molar-refractivity contribution is 7.99. The maximum absolute atomic E-state index is 12.7. The van der Waals surface area contributed by atoms with E-state index >= 15 is 0 Å². The summed E-state index contributed by atoms with van der Waals surface area (Å²) in [6.45, 7) is 2.98. The van der Waals surface area contributed by atoms with Gasteiger partial charge in [0, 0.05) is 17.2 Å². The fourth-order valence-electron chi connectivity index (χ4n) is 3.13. The Morgan fingerprint density at radius 2 is 2.26 bits per heavy atom. The highest BCUT2D eigenvalue weighted by atomic mass is 32.2. The van der Waals surface area contributed by atoms with Gasteiger partial charge in [-0.25, -0.2) is 0 Å².